The summed E-state index contributed by atoms with van der Waals surface area (Å²) in [5, 5.41) is 0. The van der Waals surface area contributed by atoms with Gasteiger partial charge in [-0.15, -0.1) is 0 Å². The predicted molar refractivity (Wildman–Crippen MR) is 126 cm³/mol. The summed E-state index contributed by atoms with van der Waals surface area (Å²) in [7, 11) is 0. The topological polar surface area (TPSA) is 9.23 Å². The Hall–Kier alpha value is -1.24. The summed E-state index contributed by atoms with van der Waals surface area (Å²) >= 11 is 0. The fraction of sp³-hybridized carbons (Fsp3) is 0.704. The van der Waals surface area contributed by atoms with E-state index >= 15 is 0 Å². The van der Waals surface area contributed by atoms with Gasteiger partial charge >= 0.3 is 0 Å². The molecular formula is C27H46O. The van der Waals surface area contributed by atoms with Gasteiger partial charge < -0.3 is 4.74 Å². The maximum absolute atomic E-state index is 5.58. The number of unbranched alkanes of at least 4 members (excludes halogenated alkanes) is 16. The smallest absolute Gasteiger partial charge is 0.0873 e. The molecule has 0 saturated carbocycles. The Kier molecular flexibility index (Phi) is 18.1. The predicted octanol–water partition coefficient (Wildman–Crippen LogP) is 9.33. The molecule has 0 aromatic heterocycles. The summed E-state index contributed by atoms with van der Waals surface area (Å²) in [4.78, 5) is 0. The zero-order valence-corrected chi connectivity index (χ0v) is 18.7. The van der Waals surface area contributed by atoms with Crippen molar-refractivity contribution in [1.29, 1.82) is 0 Å². The molecule has 1 rings (SSSR count). The van der Waals surface area contributed by atoms with E-state index in [9.17, 15) is 0 Å². The third kappa shape index (κ3) is 16.9. The molecule has 0 radical (unpaired) electrons. The second-order valence-electron chi connectivity index (χ2n) is 8.24. The van der Waals surface area contributed by atoms with Gasteiger partial charge in [0.1, 0.15) is 0 Å². The van der Waals surface area contributed by atoms with Gasteiger partial charge in [-0.25, -0.2) is 0 Å². The second-order valence-corrected chi connectivity index (χ2v) is 8.24. The van der Waals surface area contributed by atoms with Crippen LogP contribution in [-0.2, 0) is 4.74 Å². The van der Waals surface area contributed by atoms with Crippen molar-refractivity contribution >= 4 is 6.08 Å². The average Bonchev–Trinajstić information content (AvgIpc) is 2.73. The van der Waals surface area contributed by atoms with Crippen LogP contribution >= 0.6 is 0 Å². The van der Waals surface area contributed by atoms with E-state index in [1.54, 1.807) is 0 Å². The first kappa shape index (κ1) is 24.8. The van der Waals surface area contributed by atoms with E-state index in [4.69, 9.17) is 4.74 Å². The third-order valence-corrected chi connectivity index (χ3v) is 5.52. The Morgan fingerprint density at radius 3 is 1.46 bits per heavy atom. The van der Waals surface area contributed by atoms with Crippen LogP contribution in [0.15, 0.2) is 36.6 Å². The fourth-order valence-corrected chi connectivity index (χ4v) is 3.67. The first-order chi connectivity index (χ1) is 13.9. The molecule has 0 unspecified atom stereocenters. The molecule has 0 saturated heterocycles. The third-order valence-electron chi connectivity index (χ3n) is 5.52. The number of hydrogen-bond donors (Lipinski definition) is 0. The van der Waals surface area contributed by atoms with Gasteiger partial charge in [0, 0.05) is 0 Å². The molecule has 0 aliphatic heterocycles. The van der Waals surface area contributed by atoms with E-state index in [1.165, 1.54) is 115 Å². The number of rotatable bonds is 20. The average molecular weight is 387 g/mol. The Bertz CT molecular complexity index is 437. The molecule has 1 heteroatoms. The van der Waals surface area contributed by atoms with Crippen LogP contribution in [0.4, 0.5) is 0 Å². The molecule has 0 fully saturated rings. The lowest BCUT2D eigenvalue weighted by Gasteiger charge is -2.04. The van der Waals surface area contributed by atoms with Crippen LogP contribution in [0.5, 0.6) is 0 Å². The lowest BCUT2D eigenvalue weighted by atomic mass is 10.0. The highest BCUT2D eigenvalue weighted by molar-refractivity contribution is 5.47. The van der Waals surface area contributed by atoms with Crippen molar-refractivity contribution in [2.45, 2.75) is 116 Å². The highest BCUT2D eigenvalue weighted by Crippen LogP contribution is 2.14. The van der Waals surface area contributed by atoms with Crippen LogP contribution in [0.3, 0.4) is 0 Å². The van der Waals surface area contributed by atoms with Crippen molar-refractivity contribution in [3.63, 3.8) is 0 Å². The molecule has 0 aliphatic carbocycles. The van der Waals surface area contributed by atoms with Gasteiger partial charge in [0.15, 0.2) is 0 Å². The first-order valence-electron chi connectivity index (χ1n) is 12.3. The molecule has 1 nitrogen and oxygen atoms in total. The standard InChI is InChI=1S/C27H46O/c1-2-3-4-5-6-7-8-9-10-11-12-13-14-15-16-17-21-25-28-26-24-27-22-19-18-20-23-27/h18-20,22-24,26H,2-17,21,25H2,1H3. The maximum Gasteiger partial charge on any atom is 0.0873 e. The van der Waals surface area contributed by atoms with Crippen LogP contribution in [0, 0.1) is 0 Å². The number of benzene rings is 1. The molecule has 0 heterocycles. The van der Waals surface area contributed by atoms with Crippen LogP contribution in [0.1, 0.15) is 122 Å². The van der Waals surface area contributed by atoms with Crippen LogP contribution < -0.4 is 0 Å². The van der Waals surface area contributed by atoms with Crippen molar-refractivity contribution in [2.24, 2.45) is 0 Å². The van der Waals surface area contributed by atoms with E-state index in [2.05, 4.69) is 31.2 Å². The molecule has 160 valence electrons. The quantitative estimate of drug-likeness (QED) is 0.160. The van der Waals surface area contributed by atoms with Gasteiger partial charge in [-0.05, 0) is 18.1 Å². The van der Waals surface area contributed by atoms with E-state index in [-0.39, 0.29) is 0 Å². The van der Waals surface area contributed by atoms with Crippen molar-refractivity contribution < 1.29 is 4.74 Å². The van der Waals surface area contributed by atoms with Crippen molar-refractivity contribution in [1.82, 2.24) is 0 Å². The summed E-state index contributed by atoms with van der Waals surface area (Å²) in [6.45, 7) is 3.14. The Balaban J connectivity index is 1.70. The van der Waals surface area contributed by atoms with Gasteiger partial charge in [0.05, 0.1) is 12.9 Å². The molecule has 0 aliphatic rings. The normalized spacial score (nSPS) is 11.3. The summed E-state index contributed by atoms with van der Waals surface area (Å²) in [5.41, 5.74) is 1.20. The summed E-state index contributed by atoms with van der Waals surface area (Å²) < 4.78 is 5.58. The van der Waals surface area contributed by atoms with Crippen LogP contribution in [0.2, 0.25) is 0 Å². The lowest BCUT2D eigenvalue weighted by molar-refractivity contribution is 0.243. The van der Waals surface area contributed by atoms with Gasteiger partial charge in [-0.3, -0.25) is 0 Å². The van der Waals surface area contributed by atoms with Gasteiger partial charge in [-0.1, -0.05) is 140 Å². The van der Waals surface area contributed by atoms with E-state index < -0.39 is 0 Å². The molecule has 1 aromatic carbocycles. The van der Waals surface area contributed by atoms with Crippen LogP contribution in [0.25, 0.3) is 6.08 Å². The summed E-state index contributed by atoms with van der Waals surface area (Å²) in [6, 6.07) is 10.3. The molecule has 0 spiro atoms. The SMILES string of the molecule is CCCCCCCCCCCCCCCCCCCOC=Cc1ccccc1. The minimum absolute atomic E-state index is 0.849. The fourth-order valence-electron chi connectivity index (χ4n) is 3.67. The zero-order valence-electron chi connectivity index (χ0n) is 18.7. The molecule has 0 atom stereocenters. The van der Waals surface area contributed by atoms with Crippen molar-refractivity contribution in [2.75, 3.05) is 6.61 Å². The largest absolute Gasteiger partial charge is 0.501 e. The number of ether oxygens (including phenoxy) is 1. The van der Waals surface area contributed by atoms with E-state index in [0.717, 1.165) is 6.61 Å². The molecule has 0 amide bonds. The van der Waals surface area contributed by atoms with E-state index in [1.807, 2.05) is 18.4 Å². The molecular weight excluding hydrogens is 340 g/mol. The number of hydrogen-bond acceptors (Lipinski definition) is 1. The Morgan fingerprint density at radius 2 is 1.00 bits per heavy atom. The molecule has 0 N–H and O–H groups in total. The highest BCUT2D eigenvalue weighted by Gasteiger charge is 1.95. The van der Waals surface area contributed by atoms with Gasteiger partial charge in [0.2, 0.25) is 0 Å². The summed E-state index contributed by atoms with van der Waals surface area (Å²) in [5.74, 6) is 0. The minimum atomic E-state index is 0.849. The molecule has 28 heavy (non-hydrogen) atoms. The lowest BCUT2D eigenvalue weighted by Crippen LogP contribution is -1.88. The Labute approximate surface area is 176 Å². The van der Waals surface area contributed by atoms with Gasteiger partial charge in [0.25, 0.3) is 0 Å². The summed E-state index contributed by atoms with van der Waals surface area (Å²) in [6.07, 6.45) is 27.9. The van der Waals surface area contributed by atoms with Gasteiger partial charge in [-0.2, -0.15) is 0 Å². The van der Waals surface area contributed by atoms with Crippen molar-refractivity contribution in [3.05, 3.63) is 42.2 Å². The maximum atomic E-state index is 5.58. The second kappa shape index (κ2) is 20.5. The van der Waals surface area contributed by atoms with E-state index in [0.29, 0.717) is 0 Å². The molecule has 0 bridgehead atoms. The first-order valence-corrected chi connectivity index (χ1v) is 12.3. The van der Waals surface area contributed by atoms with Crippen LogP contribution in [-0.4, -0.2) is 6.61 Å². The monoisotopic (exact) mass is 386 g/mol. The highest BCUT2D eigenvalue weighted by atomic mass is 16.5. The zero-order chi connectivity index (χ0) is 20.0. The Morgan fingerprint density at radius 1 is 0.571 bits per heavy atom. The molecule has 1 aromatic rings. The minimum Gasteiger partial charge on any atom is -0.501 e. The van der Waals surface area contributed by atoms with Crippen molar-refractivity contribution in [3.8, 4) is 0 Å².